The molecule has 0 bridgehead atoms. The number of aliphatic hydroxyl groups excluding tert-OH is 1. The zero-order valence-electron chi connectivity index (χ0n) is 22.3. The number of amides is 1. The molecule has 39 heavy (non-hydrogen) atoms. The van der Waals surface area contributed by atoms with Crippen LogP contribution in [0.2, 0.25) is 0 Å². The van der Waals surface area contributed by atoms with Crippen molar-refractivity contribution >= 4 is 27.4 Å². The molecule has 4 rings (SSSR count). The number of quaternary nitrogens is 1. The number of nitrogens with zero attached hydrogens (tertiary/aromatic N) is 1. The van der Waals surface area contributed by atoms with Gasteiger partial charge >= 0.3 is 0 Å². The average molecular weight is 551 g/mol. The van der Waals surface area contributed by atoms with Gasteiger partial charge < -0.3 is 15.7 Å². The fraction of sp³-hybridized carbons (Fsp3) is 0.333. The van der Waals surface area contributed by atoms with Crippen molar-refractivity contribution in [3.63, 3.8) is 0 Å². The molecule has 0 saturated heterocycles. The molecule has 1 fully saturated rings. The van der Waals surface area contributed by atoms with E-state index >= 15 is 0 Å². The number of sulfonamides is 1. The van der Waals surface area contributed by atoms with Crippen molar-refractivity contribution in [2.75, 3.05) is 24.2 Å². The van der Waals surface area contributed by atoms with E-state index in [1.807, 2.05) is 60.7 Å². The lowest BCUT2D eigenvalue weighted by Crippen LogP contribution is -2.88. The Morgan fingerprint density at radius 1 is 0.974 bits per heavy atom. The van der Waals surface area contributed by atoms with Crippen LogP contribution in [-0.4, -0.2) is 63.3 Å². The van der Waals surface area contributed by atoms with Crippen LogP contribution in [0.4, 0.5) is 5.69 Å². The second-order valence-corrected chi connectivity index (χ2v) is 12.2. The summed E-state index contributed by atoms with van der Waals surface area (Å²) in [5.74, 6) is -0.724. The molecule has 2 unspecified atom stereocenters. The van der Waals surface area contributed by atoms with Crippen LogP contribution in [0.3, 0.4) is 0 Å². The molecule has 0 spiro atoms. The molecular formula is C30H36N3O5S+. The normalized spacial score (nSPS) is 14.8. The van der Waals surface area contributed by atoms with Crippen molar-refractivity contribution in [3.05, 3.63) is 101 Å². The molecule has 0 aromatic heterocycles. The van der Waals surface area contributed by atoms with Gasteiger partial charge in [-0.1, -0.05) is 60.7 Å². The summed E-state index contributed by atoms with van der Waals surface area (Å²) in [4.78, 5) is 26.7. The van der Waals surface area contributed by atoms with Gasteiger partial charge in [0.15, 0.2) is 5.78 Å². The molecule has 8 nitrogen and oxygen atoms in total. The Hall–Kier alpha value is -3.53. The topological polar surface area (TPSA) is 120 Å². The maximum absolute atomic E-state index is 13.5. The van der Waals surface area contributed by atoms with E-state index in [1.54, 1.807) is 0 Å². The lowest BCUT2D eigenvalue weighted by Gasteiger charge is -2.24. The van der Waals surface area contributed by atoms with Crippen LogP contribution in [0.5, 0.6) is 0 Å². The second kappa shape index (κ2) is 12.5. The molecule has 3 aromatic carbocycles. The van der Waals surface area contributed by atoms with E-state index in [4.69, 9.17) is 0 Å². The SMILES string of the molecule is CN(c1cc(C(=O)Cc2ccccc2)cc(C(=O)NC(Cc2ccccc2)C(O)C[NH2+]C2CC2)c1)S(C)(=O)=O. The Morgan fingerprint density at radius 3 is 2.15 bits per heavy atom. The first kappa shape index (κ1) is 28.5. The van der Waals surface area contributed by atoms with Gasteiger partial charge in [-0.05, 0) is 35.7 Å². The highest BCUT2D eigenvalue weighted by atomic mass is 32.2. The Morgan fingerprint density at radius 2 is 1.56 bits per heavy atom. The maximum Gasteiger partial charge on any atom is 0.251 e. The average Bonchev–Trinajstić information content (AvgIpc) is 3.76. The number of rotatable bonds is 13. The van der Waals surface area contributed by atoms with Gasteiger partial charge in [0.05, 0.1) is 24.0 Å². The van der Waals surface area contributed by atoms with E-state index < -0.39 is 28.1 Å². The minimum Gasteiger partial charge on any atom is -0.385 e. The lowest BCUT2D eigenvalue weighted by atomic mass is 9.98. The van der Waals surface area contributed by atoms with Crippen LogP contribution in [0.25, 0.3) is 0 Å². The van der Waals surface area contributed by atoms with Crippen molar-refractivity contribution in [3.8, 4) is 0 Å². The number of carbonyl (C=O) groups excluding carboxylic acids is 2. The molecule has 0 aliphatic heterocycles. The van der Waals surface area contributed by atoms with Gasteiger partial charge in [-0.3, -0.25) is 13.9 Å². The Kier molecular flexibility index (Phi) is 9.16. The van der Waals surface area contributed by atoms with E-state index in [9.17, 15) is 23.1 Å². The zero-order valence-corrected chi connectivity index (χ0v) is 23.1. The Balaban J connectivity index is 1.61. The number of hydrogen-bond acceptors (Lipinski definition) is 5. The quantitative estimate of drug-likeness (QED) is 0.281. The summed E-state index contributed by atoms with van der Waals surface area (Å²) in [6.45, 7) is 0.458. The van der Waals surface area contributed by atoms with Gasteiger partial charge in [0, 0.05) is 37.4 Å². The molecule has 1 amide bonds. The summed E-state index contributed by atoms with van der Waals surface area (Å²) in [5.41, 5.74) is 2.38. The number of hydrogen-bond donors (Lipinski definition) is 3. The smallest absolute Gasteiger partial charge is 0.251 e. The standard InChI is InChI=1S/C30H35N3O5S/c1-33(39(2,37)38)26-18-23(28(34)16-22-11-7-4-8-12-22)17-24(19-26)30(36)32-27(15-21-9-5-3-6-10-21)29(35)20-31-25-13-14-25/h3-12,17-19,25,27,29,31,35H,13-16,20H2,1-2H3,(H,32,36)/p+1. The third kappa shape index (κ3) is 8.23. The fourth-order valence-corrected chi connectivity index (χ4v) is 4.88. The second-order valence-electron chi connectivity index (χ2n) is 10.2. The van der Waals surface area contributed by atoms with Crippen molar-refractivity contribution < 1.29 is 28.4 Å². The van der Waals surface area contributed by atoms with Crippen molar-refractivity contribution in [1.82, 2.24) is 5.32 Å². The van der Waals surface area contributed by atoms with Gasteiger partial charge in [0.25, 0.3) is 5.91 Å². The first-order valence-electron chi connectivity index (χ1n) is 13.1. The van der Waals surface area contributed by atoms with Crippen LogP contribution in [-0.2, 0) is 22.9 Å². The molecular weight excluding hydrogens is 514 g/mol. The summed E-state index contributed by atoms with van der Waals surface area (Å²) in [6, 6.07) is 23.2. The monoisotopic (exact) mass is 550 g/mol. The van der Waals surface area contributed by atoms with Crippen LogP contribution in [0.15, 0.2) is 78.9 Å². The molecule has 4 N–H and O–H groups in total. The van der Waals surface area contributed by atoms with Gasteiger partial charge in [0.2, 0.25) is 10.0 Å². The number of ketones is 1. The van der Waals surface area contributed by atoms with E-state index in [-0.39, 0.29) is 29.0 Å². The first-order valence-corrected chi connectivity index (χ1v) is 15.0. The van der Waals surface area contributed by atoms with E-state index in [2.05, 4.69) is 10.6 Å². The summed E-state index contributed by atoms with van der Waals surface area (Å²) in [5, 5.41) is 16.1. The molecule has 9 heteroatoms. The molecule has 1 aliphatic rings. The van der Waals surface area contributed by atoms with Crippen LogP contribution in [0, 0.1) is 0 Å². The van der Waals surface area contributed by atoms with Crippen molar-refractivity contribution in [2.24, 2.45) is 0 Å². The Bertz CT molecular complexity index is 1390. The number of nitrogens with two attached hydrogens (primary N) is 1. The molecule has 3 aromatic rings. The third-order valence-corrected chi connectivity index (χ3v) is 8.19. The minimum atomic E-state index is -3.64. The highest BCUT2D eigenvalue weighted by Gasteiger charge is 2.30. The summed E-state index contributed by atoms with van der Waals surface area (Å²) in [6.07, 6.45) is 3.06. The van der Waals surface area contributed by atoms with Crippen molar-refractivity contribution in [1.29, 1.82) is 0 Å². The molecule has 0 radical (unpaired) electrons. The van der Waals surface area contributed by atoms with Gasteiger partial charge in [0.1, 0.15) is 12.6 Å². The van der Waals surface area contributed by atoms with Gasteiger partial charge in [-0.2, -0.15) is 0 Å². The predicted octanol–water partition coefficient (Wildman–Crippen LogP) is 1.94. The number of nitrogens with one attached hydrogen (secondary N) is 1. The summed E-state index contributed by atoms with van der Waals surface area (Å²) in [7, 11) is -2.26. The molecule has 206 valence electrons. The van der Waals surface area contributed by atoms with Crippen molar-refractivity contribution in [2.45, 2.75) is 43.9 Å². The highest BCUT2D eigenvalue weighted by Crippen LogP contribution is 2.22. The summed E-state index contributed by atoms with van der Waals surface area (Å²) >= 11 is 0. The van der Waals surface area contributed by atoms with E-state index in [0.717, 1.165) is 34.5 Å². The number of aliphatic hydroxyl groups is 1. The van der Waals surface area contributed by atoms with E-state index in [1.165, 1.54) is 25.2 Å². The van der Waals surface area contributed by atoms with Crippen LogP contribution >= 0.6 is 0 Å². The third-order valence-electron chi connectivity index (χ3n) is 6.98. The maximum atomic E-state index is 13.5. The fourth-order valence-electron chi connectivity index (χ4n) is 4.39. The molecule has 1 saturated carbocycles. The van der Waals surface area contributed by atoms with Gasteiger partial charge in [-0.15, -0.1) is 0 Å². The van der Waals surface area contributed by atoms with Crippen LogP contribution in [0.1, 0.15) is 44.7 Å². The zero-order chi connectivity index (χ0) is 28.0. The predicted molar refractivity (Wildman–Crippen MR) is 151 cm³/mol. The largest absolute Gasteiger partial charge is 0.385 e. The molecule has 0 heterocycles. The number of benzene rings is 3. The highest BCUT2D eigenvalue weighted by molar-refractivity contribution is 7.92. The number of carbonyl (C=O) groups is 2. The van der Waals surface area contributed by atoms with E-state index in [0.29, 0.717) is 19.0 Å². The minimum absolute atomic E-state index is 0.111. The van der Waals surface area contributed by atoms with Gasteiger partial charge in [-0.25, -0.2) is 8.42 Å². The molecule has 2 atom stereocenters. The lowest BCUT2D eigenvalue weighted by molar-refractivity contribution is -0.674. The number of anilines is 1. The number of Topliss-reactive ketones (excluding diaryl/α,β-unsaturated/α-hetero) is 1. The van der Waals surface area contributed by atoms with Crippen LogP contribution < -0.4 is 14.9 Å². The molecule has 1 aliphatic carbocycles. The first-order chi connectivity index (χ1) is 18.6. The summed E-state index contributed by atoms with van der Waals surface area (Å²) < 4.78 is 25.6. The Labute approximate surface area is 230 Å².